The van der Waals surface area contributed by atoms with Crippen molar-refractivity contribution < 1.29 is 0 Å². The smallest absolute Gasteiger partial charge is 0.190 e. The molecule has 0 saturated carbocycles. The predicted octanol–water partition coefficient (Wildman–Crippen LogP) is 0.0367. The maximum absolute atomic E-state index is 4.08. The Morgan fingerprint density at radius 3 is 2.24 bits per heavy atom. The molecule has 0 atom stereocenters. The Morgan fingerprint density at radius 1 is 1.18 bits per heavy atom. The van der Waals surface area contributed by atoms with Gasteiger partial charge in [0.1, 0.15) is 0 Å². The molecule has 0 spiro atoms. The molecule has 0 bridgehead atoms. The van der Waals surface area contributed by atoms with Gasteiger partial charge in [0.15, 0.2) is 5.96 Å². The van der Waals surface area contributed by atoms with E-state index in [1.165, 1.54) is 32.7 Å². The lowest BCUT2D eigenvalue weighted by Crippen LogP contribution is -2.48. The van der Waals surface area contributed by atoms with Crippen LogP contribution in [0.4, 0.5) is 0 Å². The first kappa shape index (κ1) is 16.9. The van der Waals surface area contributed by atoms with Crippen molar-refractivity contribution in [3.63, 3.8) is 0 Å². The van der Waals surface area contributed by atoms with Crippen LogP contribution in [0.25, 0.3) is 0 Å². The second-order valence-corrected chi connectivity index (χ2v) is 4.02. The van der Waals surface area contributed by atoms with Crippen LogP contribution in [0, 0.1) is 0 Å². The van der Waals surface area contributed by atoms with E-state index in [-0.39, 0.29) is 24.0 Å². The Bertz CT molecular complexity index is 214. The summed E-state index contributed by atoms with van der Waals surface area (Å²) in [5.41, 5.74) is 0. The van der Waals surface area contributed by atoms with Crippen LogP contribution in [0.1, 0.15) is 6.92 Å². The summed E-state index contributed by atoms with van der Waals surface area (Å²) in [6.45, 7) is 10.3. The SMILES string of the molecule is CCN1CCN(CCNC(=NC)NC)CC1.I. The summed E-state index contributed by atoms with van der Waals surface area (Å²) in [5, 5.41) is 6.29. The Kier molecular flexibility index (Phi) is 9.85. The summed E-state index contributed by atoms with van der Waals surface area (Å²) in [4.78, 5) is 9.08. The molecule has 5 nitrogen and oxygen atoms in total. The minimum atomic E-state index is 0. The second-order valence-electron chi connectivity index (χ2n) is 4.02. The molecule has 0 aromatic carbocycles. The zero-order valence-corrected chi connectivity index (χ0v) is 13.5. The lowest BCUT2D eigenvalue weighted by Gasteiger charge is -2.34. The Balaban J connectivity index is 0.00000256. The molecule has 0 aliphatic carbocycles. The van der Waals surface area contributed by atoms with Crippen molar-refractivity contribution in [1.82, 2.24) is 20.4 Å². The summed E-state index contributed by atoms with van der Waals surface area (Å²) in [5.74, 6) is 0.868. The first-order valence-corrected chi connectivity index (χ1v) is 6.13. The van der Waals surface area contributed by atoms with Crippen molar-refractivity contribution >= 4 is 29.9 Å². The van der Waals surface area contributed by atoms with E-state index in [4.69, 9.17) is 0 Å². The van der Waals surface area contributed by atoms with E-state index in [1.807, 2.05) is 7.05 Å². The lowest BCUT2D eigenvalue weighted by molar-refractivity contribution is 0.139. The molecule has 17 heavy (non-hydrogen) atoms. The molecule has 1 heterocycles. The van der Waals surface area contributed by atoms with Gasteiger partial charge >= 0.3 is 0 Å². The van der Waals surface area contributed by atoms with Crippen LogP contribution in [-0.2, 0) is 0 Å². The topological polar surface area (TPSA) is 42.9 Å². The fourth-order valence-corrected chi connectivity index (χ4v) is 1.94. The highest BCUT2D eigenvalue weighted by molar-refractivity contribution is 14.0. The molecule has 0 aromatic rings. The molecule has 0 amide bonds. The third-order valence-electron chi connectivity index (χ3n) is 3.09. The minimum Gasteiger partial charge on any atom is -0.359 e. The number of guanidine groups is 1. The summed E-state index contributed by atoms with van der Waals surface area (Å²) in [6, 6.07) is 0. The number of hydrogen-bond acceptors (Lipinski definition) is 3. The third-order valence-corrected chi connectivity index (χ3v) is 3.09. The molecule has 0 radical (unpaired) electrons. The van der Waals surface area contributed by atoms with E-state index in [0.717, 1.165) is 19.0 Å². The van der Waals surface area contributed by atoms with Crippen molar-refractivity contribution in [3.05, 3.63) is 0 Å². The zero-order valence-electron chi connectivity index (χ0n) is 11.2. The molecule has 1 aliphatic rings. The maximum atomic E-state index is 4.08. The molecular weight excluding hydrogens is 329 g/mol. The molecule has 0 aromatic heterocycles. The first-order chi connectivity index (χ1) is 7.80. The molecule has 1 saturated heterocycles. The molecule has 0 unspecified atom stereocenters. The predicted molar refractivity (Wildman–Crippen MR) is 84.4 cm³/mol. The number of aliphatic imine (C=N–C) groups is 1. The number of halogens is 1. The van der Waals surface area contributed by atoms with Gasteiger partial charge in [-0.1, -0.05) is 6.92 Å². The molecule has 1 aliphatic heterocycles. The average molecular weight is 355 g/mol. The van der Waals surface area contributed by atoms with Gasteiger partial charge in [0.25, 0.3) is 0 Å². The monoisotopic (exact) mass is 355 g/mol. The van der Waals surface area contributed by atoms with Crippen LogP contribution in [0.2, 0.25) is 0 Å². The lowest BCUT2D eigenvalue weighted by atomic mass is 10.3. The summed E-state index contributed by atoms with van der Waals surface area (Å²) < 4.78 is 0. The largest absolute Gasteiger partial charge is 0.359 e. The summed E-state index contributed by atoms with van der Waals surface area (Å²) in [6.07, 6.45) is 0. The van der Waals surface area contributed by atoms with Gasteiger partial charge in [0, 0.05) is 53.4 Å². The highest BCUT2D eigenvalue weighted by Gasteiger charge is 2.14. The number of likely N-dealkylation sites (N-methyl/N-ethyl adjacent to an activating group) is 1. The Hall–Kier alpha value is -0.0800. The normalized spacial score (nSPS) is 18.6. The molecule has 6 heteroatoms. The van der Waals surface area contributed by atoms with Crippen molar-refractivity contribution in [2.45, 2.75) is 6.92 Å². The van der Waals surface area contributed by atoms with Crippen LogP contribution in [0.3, 0.4) is 0 Å². The molecular formula is C11H26IN5. The summed E-state index contributed by atoms with van der Waals surface area (Å²) >= 11 is 0. The number of rotatable bonds is 4. The second kappa shape index (κ2) is 9.90. The third kappa shape index (κ3) is 6.42. The van der Waals surface area contributed by atoms with Gasteiger partial charge < -0.3 is 15.5 Å². The van der Waals surface area contributed by atoms with E-state index in [1.54, 1.807) is 7.05 Å². The van der Waals surface area contributed by atoms with Crippen LogP contribution < -0.4 is 10.6 Å². The van der Waals surface area contributed by atoms with Gasteiger partial charge in [-0.05, 0) is 6.54 Å². The van der Waals surface area contributed by atoms with Crippen molar-refractivity contribution in [2.24, 2.45) is 4.99 Å². The number of nitrogens with one attached hydrogen (secondary N) is 2. The van der Waals surface area contributed by atoms with Crippen molar-refractivity contribution in [2.75, 3.05) is 59.9 Å². The van der Waals surface area contributed by atoms with Crippen LogP contribution in [0.15, 0.2) is 4.99 Å². The minimum absolute atomic E-state index is 0. The Morgan fingerprint density at radius 2 is 1.76 bits per heavy atom. The fraction of sp³-hybridized carbons (Fsp3) is 0.909. The van der Waals surface area contributed by atoms with Gasteiger partial charge in [0.2, 0.25) is 0 Å². The molecule has 1 rings (SSSR count). The van der Waals surface area contributed by atoms with E-state index in [0.29, 0.717) is 0 Å². The van der Waals surface area contributed by atoms with Crippen molar-refractivity contribution in [3.8, 4) is 0 Å². The van der Waals surface area contributed by atoms with Gasteiger partial charge in [-0.25, -0.2) is 0 Å². The van der Waals surface area contributed by atoms with Crippen LogP contribution in [0.5, 0.6) is 0 Å². The molecule has 2 N–H and O–H groups in total. The number of hydrogen-bond donors (Lipinski definition) is 2. The highest BCUT2D eigenvalue weighted by atomic mass is 127. The quantitative estimate of drug-likeness (QED) is 0.425. The van der Waals surface area contributed by atoms with Gasteiger partial charge in [0.05, 0.1) is 0 Å². The summed E-state index contributed by atoms with van der Waals surface area (Å²) in [7, 11) is 3.67. The number of piperazine rings is 1. The van der Waals surface area contributed by atoms with Gasteiger partial charge in [-0.2, -0.15) is 0 Å². The van der Waals surface area contributed by atoms with Crippen molar-refractivity contribution in [1.29, 1.82) is 0 Å². The van der Waals surface area contributed by atoms with E-state index >= 15 is 0 Å². The molecule has 102 valence electrons. The number of nitrogens with zero attached hydrogens (tertiary/aromatic N) is 3. The van der Waals surface area contributed by atoms with E-state index in [2.05, 4.69) is 32.3 Å². The average Bonchev–Trinajstić information content (AvgIpc) is 2.35. The Labute approximate surface area is 122 Å². The fourth-order valence-electron chi connectivity index (χ4n) is 1.94. The first-order valence-electron chi connectivity index (χ1n) is 6.13. The maximum Gasteiger partial charge on any atom is 0.190 e. The van der Waals surface area contributed by atoms with Gasteiger partial charge in [-0.15, -0.1) is 24.0 Å². The van der Waals surface area contributed by atoms with Gasteiger partial charge in [-0.3, -0.25) is 9.89 Å². The van der Waals surface area contributed by atoms with Crippen LogP contribution >= 0.6 is 24.0 Å². The van der Waals surface area contributed by atoms with E-state index < -0.39 is 0 Å². The van der Waals surface area contributed by atoms with E-state index in [9.17, 15) is 0 Å². The zero-order chi connectivity index (χ0) is 11.8. The van der Waals surface area contributed by atoms with Crippen LogP contribution in [-0.4, -0.2) is 75.7 Å². The molecule has 1 fully saturated rings. The standard InChI is InChI=1S/C11H25N5.HI/c1-4-15-7-9-16(10-8-15)6-5-14-11(12-2)13-3;/h4-10H2,1-3H3,(H2,12,13,14);1H. The highest BCUT2D eigenvalue weighted by Crippen LogP contribution is 1.99.